The summed E-state index contributed by atoms with van der Waals surface area (Å²) in [4.78, 5) is 26.4. The molecule has 0 spiro atoms. The minimum Gasteiger partial charge on any atom is -0.351 e. The summed E-state index contributed by atoms with van der Waals surface area (Å²) in [6.07, 6.45) is 0. The lowest BCUT2D eigenvalue weighted by Gasteiger charge is -2.11. The summed E-state index contributed by atoms with van der Waals surface area (Å²) in [5.74, 6) is -0.399. The van der Waals surface area contributed by atoms with Gasteiger partial charge in [-0.15, -0.1) is 0 Å². The van der Waals surface area contributed by atoms with Crippen molar-refractivity contribution >= 4 is 29.1 Å². The molecule has 0 aliphatic heterocycles. The number of benzene rings is 2. The van der Waals surface area contributed by atoms with E-state index in [1.54, 1.807) is 36.4 Å². The number of likely N-dealkylation sites (N-methyl/N-ethyl adjacent to an activating group) is 1. The molecular formula is C19H22ClN3O2. The normalized spacial score (nSPS) is 10.6. The molecule has 0 radical (unpaired) electrons. The first-order valence-electron chi connectivity index (χ1n) is 7.97. The van der Waals surface area contributed by atoms with E-state index in [9.17, 15) is 9.59 Å². The van der Waals surface area contributed by atoms with Crippen molar-refractivity contribution < 1.29 is 9.59 Å². The van der Waals surface area contributed by atoms with E-state index < -0.39 is 0 Å². The van der Waals surface area contributed by atoms with E-state index in [0.717, 1.165) is 12.1 Å². The molecule has 0 aliphatic carbocycles. The van der Waals surface area contributed by atoms with E-state index in [2.05, 4.69) is 10.6 Å². The first-order valence-corrected chi connectivity index (χ1v) is 8.35. The minimum absolute atomic E-state index is 0.153. The van der Waals surface area contributed by atoms with Crippen LogP contribution >= 0.6 is 11.6 Å². The van der Waals surface area contributed by atoms with Crippen LogP contribution in [0.2, 0.25) is 5.02 Å². The smallest absolute Gasteiger partial charge is 0.255 e. The van der Waals surface area contributed by atoms with E-state index in [-0.39, 0.29) is 11.8 Å². The number of hydrogen-bond acceptors (Lipinski definition) is 3. The highest BCUT2D eigenvalue weighted by molar-refractivity contribution is 6.31. The first kappa shape index (κ1) is 19.0. The molecular weight excluding hydrogens is 338 g/mol. The predicted octanol–water partition coefficient (Wildman–Crippen LogP) is 3.19. The summed E-state index contributed by atoms with van der Waals surface area (Å²) in [5.41, 5.74) is 2.59. The van der Waals surface area contributed by atoms with Crippen LogP contribution in [-0.2, 0) is 0 Å². The Morgan fingerprint density at radius 1 is 1.00 bits per heavy atom. The summed E-state index contributed by atoms with van der Waals surface area (Å²) in [5, 5.41) is 6.23. The predicted molar refractivity (Wildman–Crippen MR) is 101 cm³/mol. The quantitative estimate of drug-likeness (QED) is 0.832. The van der Waals surface area contributed by atoms with E-state index in [4.69, 9.17) is 11.6 Å². The Kier molecular flexibility index (Phi) is 6.56. The van der Waals surface area contributed by atoms with Crippen LogP contribution in [0.25, 0.3) is 0 Å². The van der Waals surface area contributed by atoms with Gasteiger partial charge in [0, 0.05) is 34.9 Å². The fraction of sp³-hybridized carbons (Fsp3) is 0.263. The molecule has 2 aromatic carbocycles. The highest BCUT2D eigenvalue weighted by Crippen LogP contribution is 2.21. The fourth-order valence-electron chi connectivity index (χ4n) is 2.19. The summed E-state index contributed by atoms with van der Waals surface area (Å²) in [6, 6.07) is 11.9. The van der Waals surface area contributed by atoms with E-state index >= 15 is 0 Å². The van der Waals surface area contributed by atoms with Crippen LogP contribution in [0.3, 0.4) is 0 Å². The molecule has 2 amide bonds. The van der Waals surface area contributed by atoms with E-state index in [1.807, 2.05) is 32.0 Å². The van der Waals surface area contributed by atoms with Gasteiger partial charge in [0.15, 0.2) is 0 Å². The van der Waals surface area contributed by atoms with Crippen molar-refractivity contribution in [2.24, 2.45) is 0 Å². The maximum atomic E-state index is 12.3. The van der Waals surface area contributed by atoms with Crippen LogP contribution in [0.15, 0.2) is 42.5 Å². The molecule has 0 aromatic heterocycles. The van der Waals surface area contributed by atoms with Crippen molar-refractivity contribution in [2.75, 3.05) is 32.5 Å². The molecule has 132 valence electrons. The molecule has 6 heteroatoms. The largest absolute Gasteiger partial charge is 0.351 e. The van der Waals surface area contributed by atoms with Crippen molar-refractivity contribution in [2.45, 2.75) is 6.92 Å². The average Bonchev–Trinajstić information content (AvgIpc) is 2.58. The Bertz CT molecular complexity index is 758. The molecule has 0 saturated carbocycles. The lowest BCUT2D eigenvalue weighted by atomic mass is 10.1. The monoisotopic (exact) mass is 359 g/mol. The lowest BCUT2D eigenvalue weighted by Crippen LogP contribution is -2.31. The molecule has 0 bridgehead atoms. The summed E-state index contributed by atoms with van der Waals surface area (Å²) >= 11 is 5.96. The lowest BCUT2D eigenvalue weighted by molar-refractivity contribution is 0.0949. The van der Waals surface area contributed by atoms with Crippen LogP contribution < -0.4 is 10.6 Å². The Morgan fingerprint density at radius 2 is 1.60 bits per heavy atom. The van der Waals surface area contributed by atoms with Crippen molar-refractivity contribution in [3.8, 4) is 0 Å². The Hall–Kier alpha value is -2.37. The SMILES string of the molecule is Cc1ccc(Cl)cc1NC(=O)c1ccc(C(=O)NCCN(C)C)cc1. The Labute approximate surface area is 153 Å². The second kappa shape index (κ2) is 8.65. The highest BCUT2D eigenvalue weighted by atomic mass is 35.5. The van der Waals surface area contributed by atoms with Crippen molar-refractivity contribution in [1.29, 1.82) is 0 Å². The van der Waals surface area contributed by atoms with Gasteiger partial charge in [0.1, 0.15) is 0 Å². The third-order valence-electron chi connectivity index (χ3n) is 3.70. The van der Waals surface area contributed by atoms with Gasteiger partial charge in [0.25, 0.3) is 11.8 Å². The molecule has 0 fully saturated rings. The standard InChI is InChI=1S/C19H22ClN3O2/c1-13-4-9-16(20)12-17(13)22-19(25)15-7-5-14(6-8-15)18(24)21-10-11-23(2)3/h4-9,12H,10-11H2,1-3H3,(H,21,24)(H,22,25). The zero-order valence-corrected chi connectivity index (χ0v) is 15.4. The molecule has 0 heterocycles. The summed E-state index contributed by atoms with van der Waals surface area (Å²) in [7, 11) is 3.89. The molecule has 0 atom stereocenters. The maximum Gasteiger partial charge on any atom is 0.255 e. The van der Waals surface area contributed by atoms with Gasteiger partial charge in [-0.05, 0) is 63.0 Å². The average molecular weight is 360 g/mol. The van der Waals surface area contributed by atoms with E-state index in [1.165, 1.54) is 0 Å². The second-order valence-electron chi connectivity index (χ2n) is 6.05. The van der Waals surface area contributed by atoms with Gasteiger partial charge in [-0.2, -0.15) is 0 Å². The number of anilines is 1. The third-order valence-corrected chi connectivity index (χ3v) is 3.94. The number of carbonyl (C=O) groups is 2. The number of amides is 2. The van der Waals surface area contributed by atoms with Gasteiger partial charge in [-0.3, -0.25) is 9.59 Å². The van der Waals surface area contributed by atoms with Gasteiger partial charge in [-0.25, -0.2) is 0 Å². The summed E-state index contributed by atoms with van der Waals surface area (Å²) in [6.45, 7) is 3.24. The van der Waals surface area contributed by atoms with Crippen LogP contribution in [-0.4, -0.2) is 43.9 Å². The number of hydrogen-bond donors (Lipinski definition) is 2. The minimum atomic E-state index is -0.245. The Morgan fingerprint density at radius 3 is 2.20 bits per heavy atom. The molecule has 5 nitrogen and oxygen atoms in total. The molecule has 2 N–H and O–H groups in total. The van der Waals surface area contributed by atoms with Gasteiger partial charge < -0.3 is 15.5 Å². The number of carbonyl (C=O) groups excluding carboxylic acids is 2. The topological polar surface area (TPSA) is 61.4 Å². The second-order valence-corrected chi connectivity index (χ2v) is 6.49. The zero-order valence-electron chi connectivity index (χ0n) is 14.6. The highest BCUT2D eigenvalue weighted by Gasteiger charge is 2.10. The Balaban J connectivity index is 2.00. The van der Waals surface area contributed by atoms with Gasteiger partial charge in [-0.1, -0.05) is 17.7 Å². The molecule has 0 aliphatic rings. The van der Waals surface area contributed by atoms with Crippen LogP contribution in [0.4, 0.5) is 5.69 Å². The van der Waals surface area contributed by atoms with Crippen molar-refractivity contribution in [3.05, 3.63) is 64.2 Å². The molecule has 25 heavy (non-hydrogen) atoms. The zero-order chi connectivity index (χ0) is 18.4. The number of nitrogens with one attached hydrogen (secondary N) is 2. The molecule has 2 rings (SSSR count). The molecule has 0 saturated heterocycles. The van der Waals surface area contributed by atoms with Gasteiger partial charge in [0.2, 0.25) is 0 Å². The molecule has 2 aromatic rings. The number of nitrogens with zero attached hydrogens (tertiary/aromatic N) is 1. The van der Waals surface area contributed by atoms with Crippen LogP contribution in [0, 0.1) is 6.92 Å². The summed E-state index contributed by atoms with van der Waals surface area (Å²) < 4.78 is 0. The molecule has 0 unspecified atom stereocenters. The van der Waals surface area contributed by atoms with E-state index in [0.29, 0.717) is 28.4 Å². The first-order chi connectivity index (χ1) is 11.9. The van der Waals surface area contributed by atoms with Crippen molar-refractivity contribution in [1.82, 2.24) is 10.2 Å². The van der Waals surface area contributed by atoms with Gasteiger partial charge in [0.05, 0.1) is 0 Å². The fourth-order valence-corrected chi connectivity index (χ4v) is 2.36. The number of halogens is 1. The van der Waals surface area contributed by atoms with Crippen LogP contribution in [0.1, 0.15) is 26.3 Å². The van der Waals surface area contributed by atoms with Gasteiger partial charge >= 0.3 is 0 Å². The van der Waals surface area contributed by atoms with Crippen LogP contribution in [0.5, 0.6) is 0 Å². The number of rotatable bonds is 6. The third kappa shape index (κ3) is 5.59. The van der Waals surface area contributed by atoms with Crippen molar-refractivity contribution in [3.63, 3.8) is 0 Å². The number of aryl methyl sites for hydroxylation is 1. The maximum absolute atomic E-state index is 12.3.